The molecule has 22 heavy (non-hydrogen) atoms. The number of benzene rings is 1. The number of hydrogen-bond acceptors (Lipinski definition) is 4. The van der Waals surface area contributed by atoms with E-state index in [1.807, 2.05) is 24.1 Å². The van der Waals surface area contributed by atoms with Crippen molar-refractivity contribution < 1.29 is 9.90 Å². The second-order valence-electron chi connectivity index (χ2n) is 5.05. The Bertz CT molecular complexity index is 663. The zero-order chi connectivity index (χ0) is 16.1. The van der Waals surface area contributed by atoms with Crippen LogP contribution in [-0.2, 0) is 11.3 Å². The minimum atomic E-state index is -0.393. The smallest absolute Gasteiger partial charge is 0.241 e. The largest absolute Gasteiger partial charge is 0.508 e. The summed E-state index contributed by atoms with van der Waals surface area (Å²) in [6.07, 6.45) is 1.56. The Morgan fingerprint density at radius 1 is 1.36 bits per heavy atom. The zero-order valence-electron chi connectivity index (χ0n) is 12.5. The van der Waals surface area contributed by atoms with Gasteiger partial charge in [-0.3, -0.25) is 9.69 Å². The molecule has 0 spiro atoms. The van der Waals surface area contributed by atoms with Crippen molar-refractivity contribution in [3.63, 3.8) is 0 Å². The van der Waals surface area contributed by atoms with Crippen LogP contribution in [0.4, 0.5) is 5.69 Å². The minimum Gasteiger partial charge on any atom is -0.508 e. The van der Waals surface area contributed by atoms with Gasteiger partial charge in [0.1, 0.15) is 5.75 Å². The van der Waals surface area contributed by atoms with Gasteiger partial charge in [0.25, 0.3) is 0 Å². The Balaban J connectivity index is 2.01. The number of rotatable bonds is 5. The van der Waals surface area contributed by atoms with Crippen LogP contribution in [0.15, 0.2) is 42.6 Å². The third-order valence-corrected chi connectivity index (χ3v) is 3.77. The van der Waals surface area contributed by atoms with Gasteiger partial charge >= 0.3 is 0 Å². The predicted molar refractivity (Wildman–Crippen MR) is 86.9 cm³/mol. The summed E-state index contributed by atoms with van der Waals surface area (Å²) >= 11 is 5.93. The average molecular weight is 320 g/mol. The van der Waals surface area contributed by atoms with Gasteiger partial charge in [-0.1, -0.05) is 29.8 Å². The lowest BCUT2D eigenvalue weighted by molar-refractivity contribution is -0.120. The molecule has 5 nitrogen and oxygen atoms in total. The molecule has 0 radical (unpaired) electrons. The number of halogens is 1. The zero-order valence-corrected chi connectivity index (χ0v) is 13.2. The number of amides is 1. The number of carbonyl (C=O) groups is 1. The van der Waals surface area contributed by atoms with E-state index in [4.69, 9.17) is 11.6 Å². The maximum absolute atomic E-state index is 12.3. The summed E-state index contributed by atoms with van der Waals surface area (Å²) in [6, 6.07) is 10.1. The number of anilines is 1. The fraction of sp³-hybridized carbons (Fsp3) is 0.250. The van der Waals surface area contributed by atoms with Crippen LogP contribution >= 0.6 is 11.6 Å². The van der Waals surface area contributed by atoms with E-state index in [0.717, 1.165) is 5.56 Å². The molecule has 116 valence electrons. The molecule has 0 aliphatic rings. The van der Waals surface area contributed by atoms with Crippen molar-refractivity contribution in [3.05, 3.63) is 53.3 Å². The van der Waals surface area contributed by atoms with Crippen LogP contribution in [0.1, 0.15) is 12.5 Å². The SMILES string of the molecule is CC(C(=O)Nc1cccnc1Cl)N(C)Cc1ccccc1O. The number of phenolic OH excluding ortho intramolecular Hbond substituents is 1. The first kappa shape index (κ1) is 16.3. The molecule has 2 rings (SSSR count). The van der Waals surface area contributed by atoms with Crippen molar-refractivity contribution in [3.8, 4) is 5.75 Å². The summed E-state index contributed by atoms with van der Waals surface area (Å²) in [5.41, 5.74) is 1.25. The van der Waals surface area contributed by atoms with E-state index in [2.05, 4.69) is 10.3 Å². The summed E-state index contributed by atoms with van der Waals surface area (Å²) in [5, 5.41) is 12.8. The Labute approximate surface area is 134 Å². The maximum atomic E-state index is 12.3. The van der Waals surface area contributed by atoms with Crippen LogP contribution in [0.2, 0.25) is 5.15 Å². The quantitative estimate of drug-likeness (QED) is 0.832. The molecule has 1 unspecified atom stereocenters. The van der Waals surface area contributed by atoms with Crippen molar-refractivity contribution in [2.24, 2.45) is 0 Å². The number of carbonyl (C=O) groups excluding carboxylic acids is 1. The third-order valence-electron chi connectivity index (χ3n) is 3.47. The van der Waals surface area contributed by atoms with E-state index in [-0.39, 0.29) is 16.8 Å². The molecule has 0 aliphatic heterocycles. The maximum Gasteiger partial charge on any atom is 0.241 e. The van der Waals surface area contributed by atoms with Crippen molar-refractivity contribution in [1.82, 2.24) is 9.88 Å². The van der Waals surface area contributed by atoms with Gasteiger partial charge in [0.15, 0.2) is 5.15 Å². The molecule has 1 atom stereocenters. The van der Waals surface area contributed by atoms with E-state index >= 15 is 0 Å². The first-order chi connectivity index (χ1) is 10.5. The Hall–Kier alpha value is -2.11. The lowest BCUT2D eigenvalue weighted by Gasteiger charge is -2.24. The van der Waals surface area contributed by atoms with Crippen LogP contribution in [0.5, 0.6) is 5.75 Å². The normalized spacial score (nSPS) is 12.2. The first-order valence-corrected chi connectivity index (χ1v) is 7.25. The van der Waals surface area contributed by atoms with Crippen molar-refractivity contribution in [1.29, 1.82) is 0 Å². The van der Waals surface area contributed by atoms with Gasteiger partial charge < -0.3 is 10.4 Å². The van der Waals surface area contributed by atoms with E-state index < -0.39 is 6.04 Å². The monoisotopic (exact) mass is 319 g/mol. The van der Waals surface area contributed by atoms with Gasteiger partial charge in [-0.05, 0) is 32.2 Å². The van der Waals surface area contributed by atoms with Gasteiger partial charge in [-0.15, -0.1) is 0 Å². The number of nitrogens with zero attached hydrogens (tertiary/aromatic N) is 2. The highest BCUT2D eigenvalue weighted by molar-refractivity contribution is 6.32. The molecule has 0 aliphatic carbocycles. The number of likely N-dealkylation sites (N-methyl/N-ethyl adjacent to an activating group) is 1. The average Bonchev–Trinajstić information content (AvgIpc) is 2.51. The second kappa shape index (κ2) is 7.24. The molecule has 1 amide bonds. The first-order valence-electron chi connectivity index (χ1n) is 6.87. The van der Waals surface area contributed by atoms with Crippen molar-refractivity contribution in [2.45, 2.75) is 19.5 Å². The van der Waals surface area contributed by atoms with Crippen LogP contribution in [0.25, 0.3) is 0 Å². The number of aromatic hydroxyl groups is 1. The van der Waals surface area contributed by atoms with Gasteiger partial charge in [-0.25, -0.2) is 4.98 Å². The minimum absolute atomic E-state index is 0.187. The number of pyridine rings is 1. The van der Waals surface area contributed by atoms with Crippen LogP contribution < -0.4 is 5.32 Å². The molecule has 1 aromatic heterocycles. The highest BCUT2D eigenvalue weighted by atomic mass is 35.5. The Morgan fingerprint density at radius 3 is 2.77 bits per heavy atom. The molecular formula is C16H18ClN3O2. The summed E-state index contributed by atoms with van der Waals surface area (Å²) in [4.78, 5) is 18.0. The molecular weight excluding hydrogens is 302 g/mol. The fourth-order valence-corrected chi connectivity index (χ4v) is 2.13. The molecule has 1 heterocycles. The predicted octanol–water partition coefficient (Wildman–Crippen LogP) is 2.90. The summed E-state index contributed by atoms with van der Waals surface area (Å²) in [7, 11) is 1.82. The van der Waals surface area contributed by atoms with Crippen LogP contribution in [0, 0.1) is 0 Å². The summed E-state index contributed by atoms with van der Waals surface area (Å²) in [5.74, 6) is 0.0325. The topological polar surface area (TPSA) is 65.5 Å². The van der Waals surface area contributed by atoms with E-state index in [1.165, 1.54) is 0 Å². The summed E-state index contributed by atoms with van der Waals surface area (Å²) < 4.78 is 0. The van der Waals surface area contributed by atoms with E-state index in [9.17, 15) is 9.90 Å². The van der Waals surface area contributed by atoms with Gasteiger partial charge in [0, 0.05) is 18.3 Å². The highest BCUT2D eigenvalue weighted by Crippen LogP contribution is 2.20. The van der Waals surface area contributed by atoms with Gasteiger partial charge in [0.2, 0.25) is 5.91 Å². The lowest BCUT2D eigenvalue weighted by atomic mass is 10.1. The number of aromatic nitrogens is 1. The number of hydrogen-bond donors (Lipinski definition) is 2. The molecule has 0 saturated heterocycles. The van der Waals surface area contributed by atoms with Crippen LogP contribution in [-0.4, -0.2) is 34.0 Å². The fourth-order valence-electron chi connectivity index (χ4n) is 1.97. The van der Waals surface area contributed by atoms with Gasteiger partial charge in [0.05, 0.1) is 11.7 Å². The molecule has 0 saturated carbocycles. The number of nitrogens with one attached hydrogen (secondary N) is 1. The van der Waals surface area contributed by atoms with Crippen molar-refractivity contribution >= 4 is 23.2 Å². The number of para-hydroxylation sites is 1. The van der Waals surface area contributed by atoms with Gasteiger partial charge in [-0.2, -0.15) is 0 Å². The molecule has 2 aromatic rings. The highest BCUT2D eigenvalue weighted by Gasteiger charge is 2.20. The Kier molecular flexibility index (Phi) is 5.35. The lowest BCUT2D eigenvalue weighted by Crippen LogP contribution is -2.39. The molecule has 1 aromatic carbocycles. The molecule has 0 fully saturated rings. The Morgan fingerprint density at radius 2 is 2.09 bits per heavy atom. The standard InChI is InChI=1S/C16H18ClN3O2/c1-11(16(22)19-13-7-5-9-18-15(13)17)20(2)10-12-6-3-4-8-14(12)21/h3-9,11,21H,10H2,1-2H3,(H,19,22). The van der Waals surface area contributed by atoms with E-state index in [1.54, 1.807) is 37.4 Å². The second-order valence-corrected chi connectivity index (χ2v) is 5.41. The van der Waals surface area contributed by atoms with Crippen LogP contribution in [0.3, 0.4) is 0 Å². The molecule has 0 bridgehead atoms. The summed E-state index contributed by atoms with van der Waals surface area (Å²) in [6.45, 7) is 2.25. The molecule has 6 heteroatoms. The van der Waals surface area contributed by atoms with E-state index in [0.29, 0.717) is 12.2 Å². The number of phenols is 1. The third kappa shape index (κ3) is 3.96. The van der Waals surface area contributed by atoms with Crippen molar-refractivity contribution in [2.75, 3.05) is 12.4 Å². The molecule has 2 N–H and O–H groups in total.